The molecule has 2 aromatic rings. The van der Waals surface area contributed by atoms with E-state index in [-0.39, 0.29) is 23.4 Å². The first-order chi connectivity index (χ1) is 12.5. The van der Waals surface area contributed by atoms with Crippen LogP contribution in [0, 0.1) is 6.92 Å². The highest BCUT2D eigenvalue weighted by molar-refractivity contribution is 6.37. The number of carbonyl (C=O) groups is 1. The molecule has 3 rings (SSSR count). The number of ketones is 1. The van der Waals surface area contributed by atoms with E-state index < -0.39 is 40.0 Å². The van der Waals surface area contributed by atoms with Gasteiger partial charge in [0.15, 0.2) is 0 Å². The maximum atomic E-state index is 13.5. The quantitative estimate of drug-likeness (QED) is 0.772. The van der Waals surface area contributed by atoms with Crippen LogP contribution < -0.4 is 10.5 Å². The summed E-state index contributed by atoms with van der Waals surface area (Å²) < 4.78 is 41.6. The molecule has 0 radical (unpaired) electrons. The number of anilines is 1. The summed E-state index contributed by atoms with van der Waals surface area (Å²) >= 11 is 6.23. The Balaban J connectivity index is 2.21. The van der Waals surface area contributed by atoms with Crippen LogP contribution in [0.3, 0.4) is 0 Å². The average molecular weight is 404 g/mol. The van der Waals surface area contributed by atoms with Crippen LogP contribution in [0.15, 0.2) is 16.9 Å². The largest absolute Gasteiger partial charge is 0.418 e. The molecule has 0 saturated carbocycles. The molecule has 0 aliphatic carbocycles. The average Bonchev–Trinajstić information content (AvgIpc) is 3.09. The van der Waals surface area contributed by atoms with Crippen molar-refractivity contribution in [1.82, 2.24) is 9.78 Å². The Kier molecular flexibility index (Phi) is 4.85. The number of aliphatic hydroxyl groups is 1. The van der Waals surface area contributed by atoms with Crippen molar-refractivity contribution in [2.45, 2.75) is 32.2 Å². The highest BCUT2D eigenvalue weighted by Gasteiger charge is 2.40. The summed E-state index contributed by atoms with van der Waals surface area (Å²) in [5.74, 6) is -0.775. The smallest absolute Gasteiger partial charge is 0.374 e. The maximum Gasteiger partial charge on any atom is 0.418 e. The van der Waals surface area contributed by atoms with Crippen molar-refractivity contribution in [1.29, 1.82) is 0 Å². The zero-order chi connectivity index (χ0) is 20.1. The second-order valence-corrected chi connectivity index (χ2v) is 6.82. The minimum atomic E-state index is -4.72. The second-order valence-electron chi connectivity index (χ2n) is 6.44. The predicted molar refractivity (Wildman–Crippen MR) is 93.2 cm³/mol. The molecule has 0 amide bonds. The summed E-state index contributed by atoms with van der Waals surface area (Å²) in [7, 11) is 1.42. The van der Waals surface area contributed by atoms with Gasteiger partial charge in [-0.2, -0.15) is 13.2 Å². The number of H-pyrrole nitrogens is 1. The van der Waals surface area contributed by atoms with Gasteiger partial charge in [-0.1, -0.05) is 11.6 Å². The lowest BCUT2D eigenvalue weighted by atomic mass is 10.00. The summed E-state index contributed by atoms with van der Waals surface area (Å²) in [4.78, 5) is 26.2. The van der Waals surface area contributed by atoms with Gasteiger partial charge in [0.05, 0.1) is 16.3 Å². The Morgan fingerprint density at radius 2 is 2.04 bits per heavy atom. The molecule has 2 heterocycles. The van der Waals surface area contributed by atoms with Gasteiger partial charge in [0.25, 0.3) is 5.56 Å². The highest BCUT2D eigenvalue weighted by Crippen LogP contribution is 2.44. The molecular weight excluding hydrogens is 387 g/mol. The van der Waals surface area contributed by atoms with Gasteiger partial charge < -0.3 is 10.0 Å². The zero-order valence-electron chi connectivity index (χ0n) is 14.5. The number of benzene rings is 1. The van der Waals surface area contributed by atoms with Crippen molar-refractivity contribution in [3.8, 4) is 0 Å². The van der Waals surface area contributed by atoms with E-state index in [1.165, 1.54) is 14.0 Å². The normalized spacial score (nSPS) is 17.6. The van der Waals surface area contributed by atoms with E-state index >= 15 is 0 Å². The third kappa shape index (κ3) is 3.25. The molecule has 10 heteroatoms. The standard InChI is InChI=1S/C17H17ClF3N3O3/c1-8-12(16(27)23(2)22-8)15(26)9-5-6-10(17(19,20)21)14(13(9)18)24-7-3-4-11(24)25/h5-6,11,22,25H,3-4,7H2,1-2H3. The molecule has 6 nitrogen and oxygen atoms in total. The lowest BCUT2D eigenvalue weighted by Crippen LogP contribution is -2.31. The third-order valence-electron chi connectivity index (χ3n) is 4.63. The first kappa shape index (κ1) is 19.5. The Morgan fingerprint density at radius 1 is 1.37 bits per heavy atom. The Labute approximate surface area is 157 Å². The van der Waals surface area contributed by atoms with Gasteiger partial charge >= 0.3 is 6.18 Å². The topological polar surface area (TPSA) is 78.3 Å². The Bertz CT molecular complexity index is 965. The van der Waals surface area contributed by atoms with Crippen molar-refractivity contribution in [2.75, 3.05) is 11.4 Å². The van der Waals surface area contributed by atoms with Gasteiger partial charge in [0, 0.05) is 24.8 Å². The molecule has 1 aliphatic rings. The van der Waals surface area contributed by atoms with Gasteiger partial charge in [0.2, 0.25) is 5.78 Å². The van der Waals surface area contributed by atoms with Crippen molar-refractivity contribution >= 4 is 23.1 Å². The molecule has 1 unspecified atom stereocenters. The first-order valence-electron chi connectivity index (χ1n) is 8.18. The van der Waals surface area contributed by atoms with Crippen LogP contribution in [-0.4, -0.2) is 33.4 Å². The molecule has 1 saturated heterocycles. The lowest BCUT2D eigenvalue weighted by Gasteiger charge is -2.28. The van der Waals surface area contributed by atoms with Crippen LogP contribution in [0.4, 0.5) is 18.9 Å². The van der Waals surface area contributed by atoms with E-state index in [1.807, 2.05) is 0 Å². The number of alkyl halides is 3. The highest BCUT2D eigenvalue weighted by atomic mass is 35.5. The van der Waals surface area contributed by atoms with E-state index in [0.29, 0.717) is 12.8 Å². The summed E-state index contributed by atoms with van der Waals surface area (Å²) in [6, 6.07) is 1.72. The lowest BCUT2D eigenvalue weighted by molar-refractivity contribution is -0.137. The Morgan fingerprint density at radius 3 is 2.52 bits per heavy atom. The van der Waals surface area contributed by atoms with Crippen LogP contribution >= 0.6 is 11.6 Å². The number of halogens is 4. The molecule has 1 aromatic carbocycles. The number of nitrogens with one attached hydrogen (secondary N) is 1. The fourth-order valence-electron chi connectivity index (χ4n) is 3.35. The number of aliphatic hydroxyl groups excluding tert-OH is 1. The van der Waals surface area contributed by atoms with Gasteiger partial charge in [-0.05, 0) is 31.9 Å². The van der Waals surface area contributed by atoms with Gasteiger partial charge in [-0.3, -0.25) is 19.4 Å². The van der Waals surface area contributed by atoms with Gasteiger partial charge in [0.1, 0.15) is 11.8 Å². The minimum absolute atomic E-state index is 0.173. The monoisotopic (exact) mass is 403 g/mol. The summed E-state index contributed by atoms with van der Waals surface area (Å²) in [5, 5.41) is 12.3. The van der Waals surface area contributed by atoms with Gasteiger partial charge in [-0.15, -0.1) is 0 Å². The number of aromatic amines is 1. The van der Waals surface area contributed by atoms with Crippen LogP contribution in [0.25, 0.3) is 0 Å². The molecule has 27 heavy (non-hydrogen) atoms. The fourth-order valence-corrected chi connectivity index (χ4v) is 3.71. The maximum absolute atomic E-state index is 13.5. The fraction of sp³-hybridized carbons (Fsp3) is 0.412. The van der Waals surface area contributed by atoms with E-state index in [1.54, 1.807) is 0 Å². The minimum Gasteiger partial charge on any atom is -0.374 e. The van der Waals surface area contributed by atoms with Crippen molar-refractivity contribution < 1.29 is 23.1 Å². The van der Waals surface area contributed by atoms with Crippen LogP contribution in [0.5, 0.6) is 0 Å². The molecule has 1 fully saturated rings. The summed E-state index contributed by atoms with van der Waals surface area (Å²) in [6.07, 6.45) is -5.06. The Hall–Kier alpha value is -2.26. The molecule has 0 spiro atoms. The van der Waals surface area contributed by atoms with Gasteiger partial charge in [-0.25, -0.2) is 0 Å². The number of rotatable bonds is 3. The zero-order valence-corrected chi connectivity index (χ0v) is 15.3. The summed E-state index contributed by atoms with van der Waals surface area (Å²) in [6.45, 7) is 1.68. The number of aromatic nitrogens is 2. The van der Waals surface area contributed by atoms with Crippen molar-refractivity contribution in [2.24, 2.45) is 7.05 Å². The van der Waals surface area contributed by atoms with E-state index in [0.717, 1.165) is 21.7 Å². The number of carbonyl (C=O) groups excluding carboxylic acids is 1. The first-order valence-corrected chi connectivity index (χ1v) is 8.56. The molecule has 1 aliphatic heterocycles. The van der Waals surface area contributed by atoms with Crippen LogP contribution in [-0.2, 0) is 13.2 Å². The SMILES string of the molecule is Cc1[nH]n(C)c(=O)c1C(=O)c1ccc(C(F)(F)F)c(N2CCCC2O)c1Cl. The molecule has 1 atom stereocenters. The molecular formula is C17H17ClF3N3O3. The molecule has 1 aromatic heterocycles. The van der Waals surface area contributed by atoms with E-state index in [4.69, 9.17) is 11.6 Å². The number of aryl methyl sites for hydroxylation is 2. The second kappa shape index (κ2) is 6.72. The predicted octanol–water partition coefficient (Wildman–Crippen LogP) is 2.84. The van der Waals surface area contributed by atoms with Crippen molar-refractivity contribution in [3.63, 3.8) is 0 Å². The molecule has 2 N–H and O–H groups in total. The van der Waals surface area contributed by atoms with Crippen molar-refractivity contribution in [3.05, 3.63) is 49.9 Å². The van der Waals surface area contributed by atoms with Crippen LogP contribution in [0.1, 0.15) is 40.0 Å². The number of nitrogens with zero attached hydrogens (tertiary/aromatic N) is 2. The number of hydrogen-bond acceptors (Lipinski definition) is 4. The third-order valence-corrected chi connectivity index (χ3v) is 5.01. The van der Waals surface area contributed by atoms with Crippen LogP contribution in [0.2, 0.25) is 5.02 Å². The van der Waals surface area contributed by atoms with E-state index in [9.17, 15) is 27.9 Å². The molecule has 0 bridgehead atoms. The molecule has 146 valence electrons. The van der Waals surface area contributed by atoms with E-state index in [2.05, 4.69) is 5.10 Å². The number of hydrogen-bond donors (Lipinski definition) is 2. The summed E-state index contributed by atoms with van der Waals surface area (Å²) in [5.41, 5.74) is -2.21.